The van der Waals surface area contributed by atoms with E-state index in [1.807, 2.05) is 0 Å². The minimum atomic E-state index is -3.97. The standard InChI is InChI=1S/C19H20N4O4S/c1-5-9-11-15(10-6-2)23-28(25,26)17-12-16(13-20-14-17)22-18(24)19(21-7-3)27-8-4/h5-14,23H,1-4H2,(H,22,24)/b11-9-,15-10+,21-19?. The highest BCUT2D eigenvalue weighted by atomic mass is 32.2. The minimum absolute atomic E-state index is 0.119. The predicted molar refractivity (Wildman–Crippen MR) is 110 cm³/mol. The number of aliphatic imine (C=N–C) groups is 1. The van der Waals surface area contributed by atoms with Crippen molar-refractivity contribution in [2.24, 2.45) is 4.99 Å². The third-order valence-corrected chi connectivity index (χ3v) is 4.19. The van der Waals surface area contributed by atoms with Gasteiger partial charge in [0.25, 0.3) is 15.9 Å². The van der Waals surface area contributed by atoms with Crippen molar-refractivity contribution in [1.29, 1.82) is 0 Å². The first-order chi connectivity index (χ1) is 13.4. The summed E-state index contributed by atoms with van der Waals surface area (Å²) in [5.41, 5.74) is 0.386. The quantitative estimate of drug-likeness (QED) is 0.287. The van der Waals surface area contributed by atoms with Crippen LogP contribution in [0.4, 0.5) is 5.69 Å². The number of aromatic nitrogens is 1. The molecule has 1 rings (SSSR count). The number of nitrogens with zero attached hydrogens (tertiary/aromatic N) is 2. The van der Waals surface area contributed by atoms with Crippen LogP contribution in [0.2, 0.25) is 0 Å². The molecule has 0 aliphatic rings. The van der Waals surface area contributed by atoms with Crippen LogP contribution in [0, 0.1) is 0 Å². The zero-order valence-electron chi connectivity index (χ0n) is 15.0. The summed E-state index contributed by atoms with van der Waals surface area (Å²) < 4.78 is 32.4. The number of pyridine rings is 1. The summed E-state index contributed by atoms with van der Waals surface area (Å²) in [5.74, 6) is -1.05. The monoisotopic (exact) mass is 400 g/mol. The van der Waals surface area contributed by atoms with E-state index in [1.54, 1.807) is 6.08 Å². The fourth-order valence-corrected chi connectivity index (χ4v) is 2.81. The normalized spacial score (nSPS) is 12.1. The molecule has 0 saturated heterocycles. The lowest BCUT2D eigenvalue weighted by Crippen LogP contribution is -2.25. The van der Waals surface area contributed by atoms with Crippen LogP contribution >= 0.6 is 0 Å². The molecule has 0 atom stereocenters. The highest BCUT2D eigenvalue weighted by Gasteiger charge is 2.18. The van der Waals surface area contributed by atoms with Crippen LogP contribution in [-0.2, 0) is 19.6 Å². The molecule has 1 amide bonds. The second-order valence-electron chi connectivity index (χ2n) is 4.82. The lowest BCUT2D eigenvalue weighted by Gasteiger charge is -2.10. The maximum Gasteiger partial charge on any atom is 0.311 e. The van der Waals surface area contributed by atoms with Crippen LogP contribution < -0.4 is 10.0 Å². The van der Waals surface area contributed by atoms with Gasteiger partial charge < -0.3 is 10.1 Å². The molecule has 2 N–H and O–H groups in total. The Morgan fingerprint density at radius 1 is 1.18 bits per heavy atom. The molecular formula is C19H20N4O4S. The molecule has 1 aromatic heterocycles. The molecule has 0 bridgehead atoms. The van der Waals surface area contributed by atoms with Crippen molar-refractivity contribution in [1.82, 2.24) is 9.71 Å². The largest absolute Gasteiger partial charge is 0.443 e. The zero-order chi connectivity index (χ0) is 21.0. The SMILES string of the molecule is C=C/C=C\C(=C/C=C)NS(=O)(=O)c1cncc(NC(=O)C(=NC=C)OC=C)c1. The zero-order valence-corrected chi connectivity index (χ0v) is 15.9. The van der Waals surface area contributed by atoms with Crippen LogP contribution in [0.1, 0.15) is 0 Å². The van der Waals surface area contributed by atoms with Crippen LogP contribution in [0.3, 0.4) is 0 Å². The van der Waals surface area contributed by atoms with Gasteiger partial charge in [-0.05, 0) is 18.2 Å². The maximum atomic E-state index is 12.6. The Hall–Kier alpha value is -3.72. The van der Waals surface area contributed by atoms with Crippen molar-refractivity contribution in [2.75, 3.05) is 5.32 Å². The second kappa shape index (κ2) is 11.1. The van der Waals surface area contributed by atoms with Crippen LogP contribution in [-0.4, -0.2) is 25.2 Å². The molecule has 0 aliphatic heterocycles. The first kappa shape index (κ1) is 22.3. The number of anilines is 1. The summed E-state index contributed by atoms with van der Waals surface area (Å²) in [7, 11) is -3.97. The van der Waals surface area contributed by atoms with E-state index in [-0.39, 0.29) is 22.2 Å². The number of carbonyl (C=O) groups excluding carboxylic acids is 1. The van der Waals surface area contributed by atoms with Gasteiger partial charge in [-0.2, -0.15) is 0 Å². The number of amides is 1. The Morgan fingerprint density at radius 3 is 2.54 bits per heavy atom. The smallest absolute Gasteiger partial charge is 0.311 e. The van der Waals surface area contributed by atoms with Gasteiger partial charge in [-0.1, -0.05) is 44.5 Å². The van der Waals surface area contributed by atoms with Crippen molar-refractivity contribution < 1.29 is 17.9 Å². The summed E-state index contributed by atoms with van der Waals surface area (Å²) in [6, 6.07) is 1.23. The Balaban J connectivity index is 3.11. The van der Waals surface area contributed by atoms with Crippen LogP contribution in [0.15, 0.2) is 103 Å². The molecule has 1 aromatic rings. The molecule has 0 unspecified atom stereocenters. The molecule has 1 heterocycles. The van der Waals surface area contributed by atoms with Crippen molar-refractivity contribution in [3.05, 3.63) is 93.3 Å². The van der Waals surface area contributed by atoms with E-state index in [2.05, 4.69) is 46.3 Å². The third-order valence-electron chi connectivity index (χ3n) is 2.84. The summed E-state index contributed by atoms with van der Waals surface area (Å²) in [4.78, 5) is 19.5. The number of nitrogens with one attached hydrogen (secondary N) is 2. The fraction of sp³-hybridized carbons (Fsp3) is 0. The predicted octanol–water partition coefficient (Wildman–Crippen LogP) is 2.81. The summed E-state index contributed by atoms with van der Waals surface area (Å²) >= 11 is 0. The van der Waals surface area contributed by atoms with Gasteiger partial charge in [-0.25, -0.2) is 13.4 Å². The highest BCUT2D eigenvalue weighted by Crippen LogP contribution is 2.15. The molecule has 0 aromatic carbocycles. The topological polar surface area (TPSA) is 110 Å². The molecule has 9 heteroatoms. The van der Waals surface area contributed by atoms with E-state index >= 15 is 0 Å². The van der Waals surface area contributed by atoms with Gasteiger partial charge in [0.1, 0.15) is 4.90 Å². The number of hydrogen-bond donors (Lipinski definition) is 2. The van der Waals surface area contributed by atoms with Gasteiger partial charge in [-0.3, -0.25) is 14.5 Å². The Morgan fingerprint density at radius 2 is 1.93 bits per heavy atom. The summed E-state index contributed by atoms with van der Waals surface area (Å²) in [6.07, 6.45) is 12.0. The van der Waals surface area contributed by atoms with Crippen molar-refractivity contribution >= 4 is 27.5 Å². The van der Waals surface area contributed by atoms with E-state index < -0.39 is 15.9 Å². The Labute approximate surface area is 164 Å². The van der Waals surface area contributed by atoms with Gasteiger partial charge in [0.05, 0.1) is 18.1 Å². The van der Waals surface area contributed by atoms with Crippen molar-refractivity contribution in [3.63, 3.8) is 0 Å². The number of rotatable bonds is 9. The van der Waals surface area contributed by atoms with Crippen molar-refractivity contribution in [3.8, 4) is 0 Å². The highest BCUT2D eigenvalue weighted by molar-refractivity contribution is 7.89. The van der Waals surface area contributed by atoms with E-state index in [0.29, 0.717) is 0 Å². The van der Waals surface area contributed by atoms with Gasteiger partial charge >= 0.3 is 5.91 Å². The molecule has 8 nitrogen and oxygen atoms in total. The number of allylic oxidation sites excluding steroid dienone is 5. The minimum Gasteiger partial charge on any atom is -0.443 e. The van der Waals surface area contributed by atoms with Gasteiger partial charge in [-0.15, -0.1) is 0 Å². The molecule has 0 radical (unpaired) electrons. The Bertz CT molecular complexity index is 960. The molecular weight excluding hydrogens is 380 g/mol. The number of sulfonamides is 1. The molecule has 0 saturated carbocycles. The third kappa shape index (κ3) is 6.89. The fourth-order valence-electron chi connectivity index (χ4n) is 1.76. The van der Waals surface area contributed by atoms with E-state index in [4.69, 9.17) is 4.74 Å². The van der Waals surface area contributed by atoms with Gasteiger partial charge in [0, 0.05) is 18.1 Å². The van der Waals surface area contributed by atoms with Gasteiger partial charge in [0.2, 0.25) is 0 Å². The average Bonchev–Trinajstić information content (AvgIpc) is 2.66. The van der Waals surface area contributed by atoms with E-state index in [1.165, 1.54) is 36.6 Å². The number of carbonyl (C=O) groups is 1. The molecule has 0 spiro atoms. The molecule has 28 heavy (non-hydrogen) atoms. The molecule has 0 fully saturated rings. The average molecular weight is 400 g/mol. The van der Waals surface area contributed by atoms with E-state index in [9.17, 15) is 13.2 Å². The summed E-state index contributed by atoms with van der Waals surface area (Å²) in [6.45, 7) is 13.8. The Kier molecular flexibility index (Phi) is 8.84. The van der Waals surface area contributed by atoms with Crippen LogP contribution in [0.5, 0.6) is 0 Å². The van der Waals surface area contributed by atoms with Gasteiger partial charge in [0.15, 0.2) is 0 Å². The lowest BCUT2D eigenvalue weighted by atomic mass is 10.3. The first-order valence-corrected chi connectivity index (χ1v) is 9.23. The first-order valence-electron chi connectivity index (χ1n) is 7.75. The van der Waals surface area contributed by atoms with Crippen molar-refractivity contribution in [2.45, 2.75) is 4.90 Å². The lowest BCUT2D eigenvalue weighted by molar-refractivity contribution is -0.111. The molecule has 0 aliphatic carbocycles. The number of ether oxygens (including phenoxy) is 1. The van der Waals surface area contributed by atoms with Crippen LogP contribution in [0.25, 0.3) is 0 Å². The maximum absolute atomic E-state index is 12.6. The summed E-state index contributed by atoms with van der Waals surface area (Å²) in [5, 5.41) is 2.43. The number of hydrogen-bond acceptors (Lipinski definition) is 6. The second-order valence-corrected chi connectivity index (χ2v) is 6.51. The van der Waals surface area contributed by atoms with E-state index in [0.717, 1.165) is 18.7 Å². The molecule has 146 valence electrons.